The number of aromatic amines is 1. The monoisotopic (exact) mass is 347 g/mol. The fourth-order valence-electron chi connectivity index (χ4n) is 2.27. The summed E-state index contributed by atoms with van der Waals surface area (Å²) in [5.41, 5.74) is -0.813. The molecule has 0 aliphatic carbocycles. The van der Waals surface area contributed by atoms with E-state index in [-0.39, 0.29) is 26.2 Å². The Morgan fingerprint density at radius 1 is 1.12 bits per heavy atom. The molecular weight excluding hydrogens is 334 g/mol. The maximum atomic E-state index is 12.4. The Balaban J connectivity index is 2.06. The van der Waals surface area contributed by atoms with E-state index >= 15 is 0 Å². The molecule has 0 bridgehead atoms. The zero-order valence-corrected chi connectivity index (χ0v) is 13.3. The second-order valence-electron chi connectivity index (χ2n) is 5.23. The minimum Gasteiger partial charge on any atom is -0.421 e. The molecule has 3 rings (SSSR count). The van der Waals surface area contributed by atoms with E-state index in [1.54, 1.807) is 19.1 Å². The normalized spacial score (nSPS) is 11.5. The van der Waals surface area contributed by atoms with Crippen molar-refractivity contribution in [2.45, 2.75) is 11.8 Å². The third kappa shape index (κ3) is 2.76. The van der Waals surface area contributed by atoms with Gasteiger partial charge < -0.3 is 10.2 Å². The van der Waals surface area contributed by atoms with E-state index in [2.05, 4.69) is 9.71 Å². The van der Waals surface area contributed by atoms with Crippen LogP contribution < -0.4 is 16.0 Å². The van der Waals surface area contributed by atoms with Crippen LogP contribution in [0.1, 0.15) is 5.56 Å². The van der Waals surface area contributed by atoms with Crippen LogP contribution >= 0.6 is 0 Å². The van der Waals surface area contributed by atoms with Crippen molar-refractivity contribution >= 4 is 26.6 Å². The van der Waals surface area contributed by atoms with Gasteiger partial charge >= 0.3 is 5.69 Å². The number of nitrogens with one attached hydrogen (secondary N) is 2. The van der Waals surface area contributed by atoms with E-state index in [4.69, 9.17) is 0 Å². The summed E-state index contributed by atoms with van der Waals surface area (Å²) < 4.78 is 27.1. The Bertz CT molecular complexity index is 1160. The molecule has 0 fully saturated rings. The molecule has 1 aromatic heterocycles. The zero-order chi connectivity index (χ0) is 17.5. The number of H-pyrrole nitrogens is 1. The molecule has 0 radical (unpaired) electrons. The topological polar surface area (TPSA) is 121 Å². The Morgan fingerprint density at radius 2 is 1.88 bits per heavy atom. The summed E-state index contributed by atoms with van der Waals surface area (Å²) in [6.45, 7) is 1.78. The third-order valence-corrected chi connectivity index (χ3v) is 4.81. The van der Waals surface area contributed by atoms with Crippen molar-refractivity contribution in [3.8, 4) is 0 Å². The number of hydrogen-bond donors (Lipinski definition) is 3. The molecule has 8 nitrogen and oxygen atoms in total. The van der Waals surface area contributed by atoms with Gasteiger partial charge in [0, 0.05) is 0 Å². The summed E-state index contributed by atoms with van der Waals surface area (Å²) in [5.74, 6) is 0. The highest BCUT2D eigenvalue weighted by atomic mass is 32.2. The SMILES string of the molecule is Cc1cccc(S(=O)(=O)Nc2ccc3c(=O)n(O)c(=O)[nH]c3c2)c1. The minimum atomic E-state index is -3.81. The number of sulfonamides is 1. The summed E-state index contributed by atoms with van der Waals surface area (Å²) >= 11 is 0. The Kier molecular flexibility index (Phi) is 3.64. The van der Waals surface area contributed by atoms with Gasteiger partial charge in [-0.3, -0.25) is 9.52 Å². The number of benzene rings is 2. The van der Waals surface area contributed by atoms with Crippen LogP contribution in [0.25, 0.3) is 10.9 Å². The second-order valence-corrected chi connectivity index (χ2v) is 6.91. The van der Waals surface area contributed by atoms with E-state index in [0.29, 0.717) is 0 Å². The van der Waals surface area contributed by atoms with Gasteiger partial charge in [0.2, 0.25) is 0 Å². The lowest BCUT2D eigenvalue weighted by atomic mass is 10.2. The first-order chi connectivity index (χ1) is 11.3. The maximum absolute atomic E-state index is 12.4. The summed E-state index contributed by atoms with van der Waals surface area (Å²) in [5, 5.41) is 9.34. The van der Waals surface area contributed by atoms with Crippen LogP contribution in [0.4, 0.5) is 5.69 Å². The van der Waals surface area contributed by atoms with Crippen molar-refractivity contribution in [1.29, 1.82) is 0 Å². The lowest BCUT2D eigenvalue weighted by Gasteiger charge is -2.09. The average Bonchev–Trinajstić information content (AvgIpc) is 2.52. The maximum Gasteiger partial charge on any atom is 0.362 e. The number of aryl methyl sites for hydroxylation is 1. The van der Waals surface area contributed by atoms with E-state index in [1.165, 1.54) is 30.3 Å². The van der Waals surface area contributed by atoms with Gasteiger partial charge in [0.05, 0.1) is 21.5 Å². The molecule has 124 valence electrons. The van der Waals surface area contributed by atoms with E-state index in [0.717, 1.165) is 5.56 Å². The molecule has 0 saturated carbocycles. The highest BCUT2D eigenvalue weighted by Gasteiger charge is 2.15. The van der Waals surface area contributed by atoms with Crippen molar-refractivity contribution in [1.82, 2.24) is 9.71 Å². The smallest absolute Gasteiger partial charge is 0.362 e. The molecular formula is C15H13N3O5S. The lowest BCUT2D eigenvalue weighted by molar-refractivity contribution is 0.162. The van der Waals surface area contributed by atoms with Crippen molar-refractivity contribution < 1.29 is 13.6 Å². The van der Waals surface area contributed by atoms with Gasteiger partial charge in [-0.15, -0.1) is 0 Å². The van der Waals surface area contributed by atoms with Gasteiger partial charge in [0.15, 0.2) is 0 Å². The van der Waals surface area contributed by atoms with E-state index < -0.39 is 21.3 Å². The van der Waals surface area contributed by atoms with Gasteiger partial charge in [0.25, 0.3) is 15.6 Å². The van der Waals surface area contributed by atoms with E-state index in [1.807, 2.05) is 0 Å². The molecule has 0 unspecified atom stereocenters. The van der Waals surface area contributed by atoms with Crippen LogP contribution in [0.5, 0.6) is 0 Å². The molecule has 3 N–H and O–H groups in total. The summed E-state index contributed by atoms with van der Waals surface area (Å²) in [7, 11) is -3.81. The van der Waals surface area contributed by atoms with Crippen LogP contribution in [0, 0.1) is 6.92 Å². The molecule has 0 aliphatic heterocycles. The first kappa shape index (κ1) is 15.8. The van der Waals surface area contributed by atoms with Crippen LogP contribution in [0.3, 0.4) is 0 Å². The minimum absolute atomic E-state index is 0.0427. The molecule has 0 saturated heterocycles. The van der Waals surface area contributed by atoms with Gasteiger partial charge in [-0.05, 0) is 42.8 Å². The third-order valence-electron chi connectivity index (χ3n) is 3.43. The number of fused-ring (bicyclic) bond motifs is 1. The standard InChI is InChI=1S/C15H13N3O5S/c1-9-3-2-4-11(7-9)24(22,23)17-10-5-6-12-13(8-10)16-15(20)18(21)14(12)19/h2-8,17,21H,1H3,(H,16,20). The lowest BCUT2D eigenvalue weighted by Crippen LogP contribution is -2.33. The molecule has 24 heavy (non-hydrogen) atoms. The first-order valence-electron chi connectivity index (χ1n) is 6.86. The summed E-state index contributed by atoms with van der Waals surface area (Å²) in [6, 6.07) is 10.4. The number of nitrogens with zero attached hydrogens (tertiary/aromatic N) is 1. The van der Waals surface area contributed by atoms with Crippen LogP contribution in [0.2, 0.25) is 0 Å². The fraction of sp³-hybridized carbons (Fsp3) is 0.0667. The molecule has 0 atom stereocenters. The predicted octanol–water partition coefficient (Wildman–Crippen LogP) is 1.04. The van der Waals surface area contributed by atoms with Gasteiger partial charge in [0.1, 0.15) is 0 Å². The molecule has 0 aliphatic rings. The van der Waals surface area contributed by atoms with Crippen LogP contribution in [-0.4, -0.2) is 23.3 Å². The average molecular weight is 347 g/mol. The molecule has 3 aromatic rings. The molecule has 9 heteroatoms. The van der Waals surface area contributed by atoms with Crippen LogP contribution in [0.15, 0.2) is 56.9 Å². The van der Waals surface area contributed by atoms with Crippen LogP contribution in [-0.2, 0) is 10.0 Å². The van der Waals surface area contributed by atoms with Crippen molar-refractivity contribution in [2.75, 3.05) is 4.72 Å². The van der Waals surface area contributed by atoms with Crippen molar-refractivity contribution in [3.63, 3.8) is 0 Å². The number of hydrogen-bond acceptors (Lipinski definition) is 5. The zero-order valence-electron chi connectivity index (χ0n) is 12.5. The largest absolute Gasteiger partial charge is 0.421 e. The van der Waals surface area contributed by atoms with Gasteiger partial charge in [-0.1, -0.05) is 16.9 Å². The van der Waals surface area contributed by atoms with Crippen molar-refractivity contribution in [3.05, 3.63) is 68.9 Å². The van der Waals surface area contributed by atoms with Gasteiger partial charge in [-0.2, -0.15) is 0 Å². The van der Waals surface area contributed by atoms with E-state index in [9.17, 15) is 23.2 Å². The number of anilines is 1. The van der Waals surface area contributed by atoms with Gasteiger partial charge in [-0.25, -0.2) is 13.2 Å². The Hall–Kier alpha value is -3.07. The second kappa shape index (κ2) is 5.53. The Morgan fingerprint density at radius 3 is 2.58 bits per heavy atom. The number of aromatic nitrogens is 2. The number of rotatable bonds is 3. The molecule has 1 heterocycles. The molecule has 2 aromatic carbocycles. The molecule has 0 amide bonds. The quantitative estimate of drug-likeness (QED) is 0.611. The molecule has 0 spiro atoms. The van der Waals surface area contributed by atoms with Crippen molar-refractivity contribution in [2.24, 2.45) is 0 Å². The predicted molar refractivity (Wildman–Crippen MR) is 88.0 cm³/mol. The highest BCUT2D eigenvalue weighted by Crippen LogP contribution is 2.19. The first-order valence-corrected chi connectivity index (χ1v) is 8.34. The fourth-order valence-corrected chi connectivity index (χ4v) is 3.42. The summed E-state index contributed by atoms with van der Waals surface area (Å²) in [6.07, 6.45) is 0. The highest BCUT2D eigenvalue weighted by molar-refractivity contribution is 7.92. The summed E-state index contributed by atoms with van der Waals surface area (Å²) in [4.78, 5) is 25.6. The Labute approximate surface area is 136 Å².